The molecule has 1 amide bonds. The van der Waals surface area contributed by atoms with Gasteiger partial charge in [0.05, 0.1) is 18.2 Å². The highest BCUT2D eigenvalue weighted by Gasteiger charge is 2.13. The molecule has 0 saturated heterocycles. The normalized spacial score (nSPS) is 11.1. The molecule has 0 radical (unpaired) electrons. The number of carbonyl (C=O) groups excluding carboxylic acids is 2. The van der Waals surface area contributed by atoms with Crippen molar-refractivity contribution in [3.63, 3.8) is 0 Å². The number of fused-ring (bicyclic) bond motifs is 1. The van der Waals surface area contributed by atoms with E-state index in [0.29, 0.717) is 22.6 Å². The molecule has 164 valence electrons. The molecule has 0 fully saturated rings. The molecular formula is C28H23NO4. The molecule has 0 aromatic heterocycles. The molecule has 4 aromatic carbocycles. The number of hydrogen-bond donors (Lipinski definition) is 1. The quantitative estimate of drug-likeness (QED) is 0.296. The molecule has 1 N–H and O–H groups in total. The molecule has 0 aliphatic rings. The molecule has 0 aliphatic heterocycles. The summed E-state index contributed by atoms with van der Waals surface area (Å²) in [6.45, 7) is 0.0748. The van der Waals surface area contributed by atoms with E-state index in [4.69, 9.17) is 9.47 Å². The van der Waals surface area contributed by atoms with Gasteiger partial charge in [0.25, 0.3) is 5.91 Å². The molecule has 4 rings (SSSR count). The highest BCUT2D eigenvalue weighted by molar-refractivity contribution is 6.07. The number of para-hydroxylation sites is 1. The molecule has 0 heterocycles. The van der Waals surface area contributed by atoms with Gasteiger partial charge < -0.3 is 14.8 Å². The van der Waals surface area contributed by atoms with Crippen LogP contribution in [-0.4, -0.2) is 25.6 Å². The fourth-order valence-corrected chi connectivity index (χ4v) is 3.42. The Morgan fingerprint density at radius 3 is 2.27 bits per heavy atom. The Kier molecular flexibility index (Phi) is 6.81. The molecule has 33 heavy (non-hydrogen) atoms. The van der Waals surface area contributed by atoms with E-state index in [2.05, 4.69) is 5.32 Å². The largest absolute Gasteiger partial charge is 0.488 e. The zero-order valence-corrected chi connectivity index (χ0v) is 18.2. The predicted molar refractivity (Wildman–Crippen MR) is 130 cm³/mol. The second-order valence-corrected chi connectivity index (χ2v) is 7.37. The van der Waals surface area contributed by atoms with Crippen LogP contribution in [0.1, 0.15) is 15.9 Å². The van der Waals surface area contributed by atoms with Crippen LogP contribution in [0, 0.1) is 0 Å². The lowest BCUT2D eigenvalue weighted by molar-refractivity contribution is -0.113. The molecule has 0 saturated carbocycles. The van der Waals surface area contributed by atoms with E-state index in [1.807, 2.05) is 72.8 Å². The maximum atomic E-state index is 13.1. The van der Waals surface area contributed by atoms with Crippen LogP contribution in [0.4, 0.5) is 5.69 Å². The highest BCUT2D eigenvalue weighted by atomic mass is 16.5. The number of esters is 1. The van der Waals surface area contributed by atoms with Gasteiger partial charge in [-0.05, 0) is 47.4 Å². The third kappa shape index (κ3) is 5.46. The smallest absolute Gasteiger partial charge is 0.337 e. The van der Waals surface area contributed by atoms with E-state index in [-0.39, 0.29) is 12.5 Å². The van der Waals surface area contributed by atoms with Gasteiger partial charge in [-0.2, -0.15) is 0 Å². The van der Waals surface area contributed by atoms with E-state index in [1.165, 1.54) is 7.11 Å². The van der Waals surface area contributed by atoms with Crippen molar-refractivity contribution in [1.29, 1.82) is 0 Å². The second kappa shape index (κ2) is 10.3. The summed E-state index contributed by atoms with van der Waals surface area (Å²) in [4.78, 5) is 24.8. The van der Waals surface area contributed by atoms with Gasteiger partial charge in [0, 0.05) is 11.1 Å². The molecule has 0 bridgehead atoms. The van der Waals surface area contributed by atoms with Crippen LogP contribution < -0.4 is 10.1 Å². The molecule has 0 atom stereocenters. The van der Waals surface area contributed by atoms with E-state index in [0.717, 1.165) is 16.3 Å². The summed E-state index contributed by atoms with van der Waals surface area (Å²) in [5, 5.41) is 4.95. The summed E-state index contributed by atoms with van der Waals surface area (Å²) in [5.74, 6) is 0.0258. The van der Waals surface area contributed by atoms with Gasteiger partial charge >= 0.3 is 5.97 Å². The number of rotatable bonds is 7. The number of amides is 1. The van der Waals surface area contributed by atoms with Crippen molar-refractivity contribution in [2.24, 2.45) is 0 Å². The van der Waals surface area contributed by atoms with Crippen LogP contribution >= 0.6 is 0 Å². The van der Waals surface area contributed by atoms with Gasteiger partial charge in [-0.3, -0.25) is 4.79 Å². The van der Waals surface area contributed by atoms with E-state index in [9.17, 15) is 9.59 Å². The molecular weight excluding hydrogens is 414 g/mol. The number of nitrogens with one attached hydrogen (secondary N) is 1. The third-order valence-electron chi connectivity index (χ3n) is 5.13. The zero-order valence-electron chi connectivity index (χ0n) is 18.2. The summed E-state index contributed by atoms with van der Waals surface area (Å²) in [6, 6.07) is 29.9. The van der Waals surface area contributed by atoms with Gasteiger partial charge in [0.2, 0.25) is 0 Å². The molecule has 0 aliphatic carbocycles. The minimum atomic E-state index is -0.410. The van der Waals surface area contributed by atoms with E-state index >= 15 is 0 Å². The number of benzene rings is 4. The number of hydrogen-bond acceptors (Lipinski definition) is 4. The van der Waals surface area contributed by atoms with Crippen molar-refractivity contribution in [2.75, 3.05) is 19.0 Å². The third-order valence-corrected chi connectivity index (χ3v) is 5.13. The Bertz CT molecular complexity index is 1290. The van der Waals surface area contributed by atoms with Crippen molar-refractivity contribution in [1.82, 2.24) is 0 Å². The molecule has 0 spiro atoms. The number of ether oxygens (including phenoxy) is 2. The topological polar surface area (TPSA) is 64.6 Å². The van der Waals surface area contributed by atoms with Crippen LogP contribution in [0.5, 0.6) is 5.75 Å². The maximum absolute atomic E-state index is 13.1. The first-order valence-electron chi connectivity index (χ1n) is 10.5. The van der Waals surface area contributed by atoms with E-state index < -0.39 is 5.97 Å². The minimum Gasteiger partial charge on any atom is -0.488 e. The Balaban J connectivity index is 1.61. The maximum Gasteiger partial charge on any atom is 0.337 e. The summed E-state index contributed by atoms with van der Waals surface area (Å²) in [5.41, 5.74) is 2.34. The van der Waals surface area contributed by atoms with Crippen molar-refractivity contribution in [3.8, 4) is 5.75 Å². The molecule has 0 unspecified atom stereocenters. The average Bonchev–Trinajstić information content (AvgIpc) is 2.87. The monoisotopic (exact) mass is 437 g/mol. The summed E-state index contributed by atoms with van der Waals surface area (Å²) in [7, 11) is 1.34. The number of carbonyl (C=O) groups is 2. The van der Waals surface area contributed by atoms with Crippen LogP contribution in [0.15, 0.2) is 103 Å². The SMILES string of the molecule is COC(=O)c1ccc(C=C(COc2cccc3ccccc23)C(=O)Nc2ccccc2)cc1. The Labute approximate surface area is 192 Å². The first kappa shape index (κ1) is 21.8. The van der Waals surface area contributed by atoms with Crippen molar-refractivity contribution in [3.05, 3.63) is 114 Å². The lowest BCUT2D eigenvalue weighted by Crippen LogP contribution is -2.19. The fraction of sp³-hybridized carbons (Fsp3) is 0.0714. The Hall–Kier alpha value is -4.38. The Morgan fingerprint density at radius 1 is 0.818 bits per heavy atom. The molecule has 5 nitrogen and oxygen atoms in total. The first-order chi connectivity index (χ1) is 16.1. The van der Waals surface area contributed by atoms with Crippen molar-refractivity contribution < 1.29 is 19.1 Å². The number of methoxy groups -OCH3 is 1. The summed E-state index contributed by atoms with van der Waals surface area (Å²) in [6.07, 6.45) is 1.75. The lowest BCUT2D eigenvalue weighted by atomic mass is 10.1. The van der Waals surface area contributed by atoms with Gasteiger partial charge in [-0.15, -0.1) is 0 Å². The predicted octanol–water partition coefficient (Wildman–Crippen LogP) is 5.73. The molecule has 5 heteroatoms. The summed E-state index contributed by atoms with van der Waals surface area (Å²) >= 11 is 0. The van der Waals surface area contributed by atoms with Crippen LogP contribution in [0.3, 0.4) is 0 Å². The van der Waals surface area contributed by atoms with Crippen molar-refractivity contribution >= 4 is 34.4 Å². The van der Waals surface area contributed by atoms with E-state index in [1.54, 1.807) is 30.3 Å². The standard InChI is InChI=1S/C28H23NO4/c1-32-28(31)22-16-14-20(15-17-22)18-23(27(30)29-24-10-3-2-4-11-24)19-33-26-13-7-9-21-8-5-6-12-25(21)26/h2-18H,19H2,1H3,(H,29,30). The molecule has 4 aromatic rings. The first-order valence-corrected chi connectivity index (χ1v) is 10.5. The van der Waals surface area contributed by atoms with Gasteiger partial charge in [0.1, 0.15) is 12.4 Å². The zero-order chi connectivity index (χ0) is 23.0. The lowest BCUT2D eigenvalue weighted by Gasteiger charge is -2.13. The van der Waals surface area contributed by atoms with Crippen molar-refractivity contribution in [2.45, 2.75) is 0 Å². The van der Waals surface area contributed by atoms with Gasteiger partial charge in [-0.1, -0.05) is 66.7 Å². The van der Waals surface area contributed by atoms with Gasteiger partial charge in [0.15, 0.2) is 0 Å². The van der Waals surface area contributed by atoms with Crippen LogP contribution in [-0.2, 0) is 9.53 Å². The fourth-order valence-electron chi connectivity index (χ4n) is 3.42. The van der Waals surface area contributed by atoms with Gasteiger partial charge in [-0.25, -0.2) is 4.79 Å². The number of anilines is 1. The van der Waals surface area contributed by atoms with Crippen LogP contribution in [0.25, 0.3) is 16.8 Å². The second-order valence-electron chi connectivity index (χ2n) is 7.37. The van der Waals surface area contributed by atoms with Crippen LogP contribution in [0.2, 0.25) is 0 Å². The summed E-state index contributed by atoms with van der Waals surface area (Å²) < 4.78 is 10.8. The Morgan fingerprint density at radius 2 is 1.52 bits per heavy atom. The highest BCUT2D eigenvalue weighted by Crippen LogP contribution is 2.26. The average molecular weight is 437 g/mol. The minimum absolute atomic E-state index is 0.0748.